The van der Waals surface area contributed by atoms with E-state index in [0.717, 1.165) is 32.1 Å². The summed E-state index contributed by atoms with van der Waals surface area (Å²) in [4.78, 5) is 25.3. The number of likely N-dealkylation sites (N-methyl/N-ethyl adjacent to an activating group) is 1. The van der Waals surface area contributed by atoms with Crippen LogP contribution in [0, 0.1) is 0 Å². The van der Waals surface area contributed by atoms with Gasteiger partial charge in [-0.25, -0.2) is 0 Å². The molecule has 0 radical (unpaired) electrons. The van der Waals surface area contributed by atoms with E-state index < -0.39 is 20.0 Å². The Morgan fingerprint density at radius 1 is 0.596 bits per heavy atom. The Balaban J connectivity index is 4.23. The summed E-state index contributed by atoms with van der Waals surface area (Å²) in [5.41, 5.74) is 0. The molecular weight excluding hydrogens is 732 g/mol. The van der Waals surface area contributed by atoms with E-state index in [9.17, 15) is 19.4 Å². The summed E-state index contributed by atoms with van der Waals surface area (Å²) < 4.78 is 23.2. The van der Waals surface area contributed by atoms with Gasteiger partial charge in [0.15, 0.2) is 0 Å². The van der Waals surface area contributed by atoms with Crippen molar-refractivity contribution in [2.24, 2.45) is 0 Å². The van der Waals surface area contributed by atoms with Crippen LogP contribution in [0.15, 0.2) is 12.2 Å². The third kappa shape index (κ3) is 43.1. The van der Waals surface area contributed by atoms with Gasteiger partial charge in [-0.1, -0.05) is 219 Å². The van der Waals surface area contributed by atoms with E-state index in [0.29, 0.717) is 23.9 Å². The number of unbranched alkanes of at least 4 members (excludes halogenated alkanes) is 31. The smallest absolute Gasteiger partial charge is 0.268 e. The Morgan fingerprint density at radius 2 is 0.965 bits per heavy atom. The molecule has 340 valence electrons. The van der Waals surface area contributed by atoms with Crippen LogP contribution < -0.4 is 10.2 Å². The molecule has 1 unspecified atom stereocenters. The topological polar surface area (TPSA) is 108 Å². The summed E-state index contributed by atoms with van der Waals surface area (Å²) in [6, 6.07) is -0.844. The molecule has 9 heteroatoms. The van der Waals surface area contributed by atoms with E-state index in [-0.39, 0.29) is 19.1 Å². The van der Waals surface area contributed by atoms with Gasteiger partial charge in [0, 0.05) is 6.42 Å². The Hall–Kier alpha value is -0.760. The number of nitrogens with zero attached hydrogens (tertiary/aromatic N) is 1. The highest BCUT2D eigenvalue weighted by molar-refractivity contribution is 7.45. The molecular formula is C48H97N2O6P. The number of aliphatic hydroxyl groups excluding tert-OH is 1. The van der Waals surface area contributed by atoms with Crippen LogP contribution in [0.4, 0.5) is 0 Å². The first-order valence-corrected chi connectivity index (χ1v) is 26.0. The number of hydrogen-bond acceptors (Lipinski definition) is 6. The molecule has 1 amide bonds. The Labute approximate surface area is 354 Å². The highest BCUT2D eigenvalue weighted by atomic mass is 31.2. The van der Waals surface area contributed by atoms with Crippen molar-refractivity contribution in [3.63, 3.8) is 0 Å². The number of nitrogens with one attached hydrogen (secondary N) is 1. The van der Waals surface area contributed by atoms with Gasteiger partial charge in [0.05, 0.1) is 39.9 Å². The van der Waals surface area contributed by atoms with Crippen molar-refractivity contribution in [2.45, 2.75) is 251 Å². The van der Waals surface area contributed by atoms with E-state index >= 15 is 0 Å². The van der Waals surface area contributed by atoms with Crippen LogP contribution in [-0.2, 0) is 18.4 Å². The minimum Gasteiger partial charge on any atom is -0.756 e. The van der Waals surface area contributed by atoms with Crippen molar-refractivity contribution in [2.75, 3.05) is 40.9 Å². The highest BCUT2D eigenvalue weighted by Crippen LogP contribution is 2.38. The molecule has 0 spiro atoms. The number of carbonyl (C=O) groups excluding carboxylic acids is 1. The molecule has 2 N–H and O–H groups in total. The second kappa shape index (κ2) is 40.6. The summed E-state index contributed by atoms with van der Waals surface area (Å²) in [5, 5.41) is 13.8. The number of quaternary nitrogens is 1. The summed E-state index contributed by atoms with van der Waals surface area (Å²) >= 11 is 0. The summed E-state index contributed by atoms with van der Waals surface area (Å²) in [5.74, 6) is -0.183. The number of amides is 1. The van der Waals surface area contributed by atoms with Crippen molar-refractivity contribution in [3.8, 4) is 0 Å². The van der Waals surface area contributed by atoms with Gasteiger partial charge in [-0.05, 0) is 25.7 Å². The van der Waals surface area contributed by atoms with Gasteiger partial charge in [-0.3, -0.25) is 9.36 Å². The third-order valence-corrected chi connectivity index (χ3v) is 12.2. The number of phosphoric acid groups is 1. The zero-order chi connectivity index (χ0) is 42.1. The van der Waals surface area contributed by atoms with Gasteiger partial charge in [0.25, 0.3) is 7.82 Å². The summed E-state index contributed by atoms with van der Waals surface area (Å²) in [7, 11) is 1.28. The zero-order valence-corrected chi connectivity index (χ0v) is 39.5. The molecule has 0 heterocycles. The van der Waals surface area contributed by atoms with Gasteiger partial charge in [0.1, 0.15) is 13.2 Å². The van der Waals surface area contributed by atoms with Crippen molar-refractivity contribution in [3.05, 3.63) is 12.2 Å². The highest BCUT2D eigenvalue weighted by Gasteiger charge is 2.24. The van der Waals surface area contributed by atoms with E-state index in [1.165, 1.54) is 180 Å². The zero-order valence-electron chi connectivity index (χ0n) is 38.6. The first-order valence-electron chi connectivity index (χ1n) is 24.5. The van der Waals surface area contributed by atoms with E-state index in [1.807, 2.05) is 27.2 Å². The van der Waals surface area contributed by atoms with Gasteiger partial charge in [0.2, 0.25) is 5.91 Å². The van der Waals surface area contributed by atoms with E-state index in [4.69, 9.17) is 9.05 Å². The molecule has 57 heavy (non-hydrogen) atoms. The average Bonchev–Trinajstić information content (AvgIpc) is 3.16. The first kappa shape index (κ1) is 56.2. The Kier molecular flexibility index (Phi) is 40.1. The van der Waals surface area contributed by atoms with Crippen molar-refractivity contribution in [1.29, 1.82) is 0 Å². The molecule has 0 aliphatic rings. The lowest BCUT2D eigenvalue weighted by Gasteiger charge is -2.29. The third-order valence-electron chi connectivity index (χ3n) is 11.3. The molecule has 8 nitrogen and oxygen atoms in total. The number of rotatable bonds is 45. The van der Waals surface area contributed by atoms with E-state index in [2.05, 4.69) is 25.2 Å². The maximum absolute atomic E-state index is 12.9. The number of carbonyl (C=O) groups is 1. The standard InChI is InChI=1S/C48H97N2O6P/c1-6-8-10-12-14-16-18-20-21-22-23-24-25-26-27-28-30-32-34-36-38-40-42-48(52)49-46(45-56-57(53,54)55-44-43-50(3,4)5)47(51)41-39-37-35-33-31-29-19-17-15-13-11-9-7-2/h37,39,46-47,51H,6-36,38,40-45H2,1-5H3,(H-,49,52,53,54)/t46-,47+/m0/s1. The lowest BCUT2D eigenvalue weighted by atomic mass is 10.0. The molecule has 0 aliphatic heterocycles. The van der Waals surface area contributed by atoms with Crippen LogP contribution in [0.5, 0.6) is 0 Å². The number of aliphatic hydroxyl groups is 1. The van der Waals surface area contributed by atoms with Gasteiger partial charge < -0.3 is 28.8 Å². The maximum atomic E-state index is 12.9. The fourth-order valence-corrected chi connectivity index (χ4v) is 8.05. The lowest BCUT2D eigenvalue weighted by molar-refractivity contribution is -0.870. The normalized spacial score (nSPS) is 14.3. The van der Waals surface area contributed by atoms with Gasteiger partial charge >= 0.3 is 0 Å². The molecule has 0 aromatic rings. The Morgan fingerprint density at radius 3 is 1.35 bits per heavy atom. The number of hydrogen-bond donors (Lipinski definition) is 2. The largest absolute Gasteiger partial charge is 0.756 e. The van der Waals surface area contributed by atoms with Crippen molar-refractivity contribution >= 4 is 13.7 Å². The monoisotopic (exact) mass is 829 g/mol. The summed E-state index contributed by atoms with van der Waals surface area (Å²) in [6.45, 7) is 4.69. The molecule has 0 aromatic heterocycles. The molecule has 0 saturated heterocycles. The lowest BCUT2D eigenvalue weighted by Crippen LogP contribution is -2.46. The second-order valence-corrected chi connectivity index (χ2v) is 19.6. The van der Waals surface area contributed by atoms with Crippen LogP contribution in [0.25, 0.3) is 0 Å². The predicted molar refractivity (Wildman–Crippen MR) is 242 cm³/mol. The van der Waals surface area contributed by atoms with Crippen LogP contribution >= 0.6 is 7.82 Å². The molecule has 0 saturated carbocycles. The SMILES string of the molecule is CCCCCCCCCCCCC=CC[C@@H](O)[C@H](COP(=O)([O-])OCC[N+](C)(C)C)NC(=O)CCCCCCCCCCCCCCCCCCCCCCCC. The second-order valence-electron chi connectivity index (χ2n) is 18.2. The fraction of sp³-hybridized carbons (Fsp3) is 0.938. The molecule has 0 aliphatic carbocycles. The average molecular weight is 829 g/mol. The first-order chi connectivity index (χ1) is 27.5. The van der Waals surface area contributed by atoms with Gasteiger partial charge in [-0.2, -0.15) is 0 Å². The van der Waals surface area contributed by atoms with Crippen molar-refractivity contribution in [1.82, 2.24) is 5.32 Å². The number of allylic oxidation sites excluding steroid dienone is 1. The molecule has 0 fully saturated rings. The minimum atomic E-state index is -4.58. The minimum absolute atomic E-state index is 0.00502. The summed E-state index contributed by atoms with van der Waals surface area (Å²) in [6.07, 6.45) is 46.8. The van der Waals surface area contributed by atoms with Gasteiger partial charge in [-0.15, -0.1) is 0 Å². The molecule has 0 aromatic carbocycles. The maximum Gasteiger partial charge on any atom is 0.268 e. The molecule has 0 bridgehead atoms. The van der Waals surface area contributed by atoms with Crippen LogP contribution in [0.3, 0.4) is 0 Å². The molecule has 0 rings (SSSR count). The quantitative estimate of drug-likeness (QED) is 0.0274. The van der Waals surface area contributed by atoms with E-state index in [1.54, 1.807) is 0 Å². The Bertz CT molecular complexity index is 942. The van der Waals surface area contributed by atoms with Crippen LogP contribution in [-0.4, -0.2) is 68.5 Å². The fourth-order valence-electron chi connectivity index (χ4n) is 7.32. The van der Waals surface area contributed by atoms with Crippen molar-refractivity contribution < 1.29 is 32.9 Å². The van der Waals surface area contributed by atoms with Crippen LogP contribution in [0.2, 0.25) is 0 Å². The number of phosphoric ester groups is 1. The predicted octanol–water partition coefficient (Wildman–Crippen LogP) is 13.3. The van der Waals surface area contributed by atoms with Crippen LogP contribution in [0.1, 0.15) is 239 Å². The molecule has 3 atom stereocenters.